The van der Waals surface area contributed by atoms with Gasteiger partial charge in [-0.2, -0.15) is 0 Å². The molecule has 0 amide bonds. The van der Waals surface area contributed by atoms with E-state index in [0.29, 0.717) is 31.3 Å². The Morgan fingerprint density at radius 2 is 1.07 bits per heavy atom. The molecule has 0 N–H and O–H groups in total. The Morgan fingerprint density at radius 1 is 0.519 bits per heavy atom. The number of hydrogen-bond donors (Lipinski definition) is 0. The van der Waals surface area contributed by atoms with Crippen LogP contribution in [0.1, 0.15) is 20.8 Å². The first-order chi connectivity index (χ1) is 13.3. The van der Waals surface area contributed by atoms with Gasteiger partial charge in [0, 0.05) is 5.56 Å². The second kappa shape index (κ2) is 9.13. The molecule has 3 aromatic rings. The van der Waals surface area contributed by atoms with Crippen molar-refractivity contribution in [1.29, 1.82) is 0 Å². The fourth-order valence-corrected chi connectivity index (χ4v) is 3.08. The van der Waals surface area contributed by atoms with Crippen LogP contribution < -0.4 is 14.2 Å². The summed E-state index contributed by atoms with van der Waals surface area (Å²) >= 11 is 0. The summed E-state index contributed by atoms with van der Waals surface area (Å²) in [5, 5.41) is 0. The van der Waals surface area contributed by atoms with Gasteiger partial charge in [-0.1, -0.05) is 54.6 Å². The Labute approximate surface area is 161 Å². The number of benzene rings is 3. The van der Waals surface area contributed by atoms with Gasteiger partial charge < -0.3 is 14.2 Å². The van der Waals surface area contributed by atoms with Gasteiger partial charge in [0.2, 0.25) is 5.75 Å². The largest absolute Gasteiger partial charge is 0.490 e. The molecule has 0 heterocycles. The summed E-state index contributed by atoms with van der Waals surface area (Å²) in [4.78, 5) is 0. The zero-order valence-corrected chi connectivity index (χ0v) is 16.2. The summed E-state index contributed by atoms with van der Waals surface area (Å²) in [5.41, 5.74) is 4.48. The van der Waals surface area contributed by atoms with E-state index in [1.165, 1.54) is 11.1 Å². The lowest BCUT2D eigenvalue weighted by Gasteiger charge is -2.19. The molecule has 0 aliphatic heterocycles. The van der Waals surface area contributed by atoms with Crippen molar-refractivity contribution >= 4 is 0 Å². The summed E-state index contributed by atoms with van der Waals surface area (Å²) in [6, 6.07) is 22.9. The average molecular weight is 362 g/mol. The third kappa shape index (κ3) is 4.25. The topological polar surface area (TPSA) is 27.7 Å². The van der Waals surface area contributed by atoms with E-state index in [2.05, 4.69) is 48.5 Å². The SMILES string of the molecule is CCOc1ccc(-c2ccc(-c3ccccc3)cc2)c(OCC)c1OCC. The van der Waals surface area contributed by atoms with Crippen molar-refractivity contribution < 1.29 is 14.2 Å². The molecule has 0 fully saturated rings. The molecule has 0 aromatic heterocycles. The molecule has 140 valence electrons. The van der Waals surface area contributed by atoms with Crippen LogP contribution in [0.2, 0.25) is 0 Å². The van der Waals surface area contributed by atoms with Crippen LogP contribution in [0.4, 0.5) is 0 Å². The van der Waals surface area contributed by atoms with Gasteiger partial charge in [-0.3, -0.25) is 0 Å². The monoisotopic (exact) mass is 362 g/mol. The van der Waals surface area contributed by atoms with Gasteiger partial charge in [-0.25, -0.2) is 0 Å². The molecule has 0 unspecified atom stereocenters. The summed E-state index contributed by atoms with van der Waals surface area (Å²) < 4.78 is 17.6. The van der Waals surface area contributed by atoms with E-state index in [0.717, 1.165) is 16.9 Å². The molecule has 0 spiro atoms. The number of ether oxygens (including phenoxy) is 3. The quantitative estimate of drug-likeness (QED) is 0.476. The Hall–Kier alpha value is -2.94. The highest BCUT2D eigenvalue weighted by Gasteiger charge is 2.18. The van der Waals surface area contributed by atoms with Crippen LogP contribution in [0.15, 0.2) is 66.7 Å². The van der Waals surface area contributed by atoms with Crippen molar-refractivity contribution in [2.45, 2.75) is 20.8 Å². The molecule has 3 heteroatoms. The van der Waals surface area contributed by atoms with Crippen LogP contribution in [0, 0.1) is 0 Å². The van der Waals surface area contributed by atoms with Crippen molar-refractivity contribution in [3.05, 3.63) is 66.7 Å². The van der Waals surface area contributed by atoms with E-state index in [4.69, 9.17) is 14.2 Å². The fourth-order valence-electron chi connectivity index (χ4n) is 3.08. The van der Waals surface area contributed by atoms with Crippen molar-refractivity contribution in [3.8, 4) is 39.5 Å². The summed E-state index contributed by atoms with van der Waals surface area (Å²) in [6.07, 6.45) is 0. The first-order valence-corrected chi connectivity index (χ1v) is 9.49. The van der Waals surface area contributed by atoms with Gasteiger partial charge in [-0.05, 0) is 49.6 Å². The zero-order valence-electron chi connectivity index (χ0n) is 16.2. The minimum atomic E-state index is 0.552. The van der Waals surface area contributed by atoms with Crippen molar-refractivity contribution in [1.82, 2.24) is 0 Å². The summed E-state index contributed by atoms with van der Waals surface area (Å²) in [7, 11) is 0. The molecule has 0 radical (unpaired) electrons. The van der Waals surface area contributed by atoms with Gasteiger partial charge in [0.25, 0.3) is 0 Å². The van der Waals surface area contributed by atoms with E-state index in [1.807, 2.05) is 39.0 Å². The highest BCUT2D eigenvalue weighted by atomic mass is 16.5. The van der Waals surface area contributed by atoms with Crippen LogP contribution in [0.3, 0.4) is 0 Å². The maximum atomic E-state index is 5.97. The third-order valence-electron chi connectivity index (χ3n) is 4.26. The summed E-state index contributed by atoms with van der Waals surface area (Å²) in [6.45, 7) is 7.60. The second-order valence-electron chi connectivity index (χ2n) is 6.01. The Morgan fingerprint density at radius 3 is 1.70 bits per heavy atom. The molecule has 0 aliphatic carbocycles. The van der Waals surface area contributed by atoms with Crippen LogP contribution >= 0.6 is 0 Å². The van der Waals surface area contributed by atoms with Gasteiger partial charge in [0.15, 0.2) is 11.5 Å². The molecular formula is C24H26O3. The molecule has 3 rings (SSSR count). The van der Waals surface area contributed by atoms with Crippen molar-refractivity contribution in [2.24, 2.45) is 0 Å². The molecule has 27 heavy (non-hydrogen) atoms. The van der Waals surface area contributed by atoms with Gasteiger partial charge in [0.1, 0.15) is 0 Å². The lowest BCUT2D eigenvalue weighted by molar-refractivity contribution is 0.261. The van der Waals surface area contributed by atoms with Gasteiger partial charge in [-0.15, -0.1) is 0 Å². The van der Waals surface area contributed by atoms with E-state index >= 15 is 0 Å². The third-order valence-corrected chi connectivity index (χ3v) is 4.26. The number of rotatable bonds is 8. The maximum absolute atomic E-state index is 5.97. The Kier molecular flexibility index (Phi) is 6.37. The predicted octanol–water partition coefficient (Wildman–Crippen LogP) is 6.22. The molecule has 0 bridgehead atoms. The molecule has 3 aromatic carbocycles. The lowest BCUT2D eigenvalue weighted by atomic mass is 9.99. The van der Waals surface area contributed by atoms with Crippen LogP contribution in [-0.4, -0.2) is 19.8 Å². The van der Waals surface area contributed by atoms with Crippen molar-refractivity contribution in [2.75, 3.05) is 19.8 Å². The zero-order chi connectivity index (χ0) is 19.1. The van der Waals surface area contributed by atoms with Crippen LogP contribution in [-0.2, 0) is 0 Å². The summed E-state index contributed by atoms with van der Waals surface area (Å²) in [5.74, 6) is 2.12. The van der Waals surface area contributed by atoms with Gasteiger partial charge >= 0.3 is 0 Å². The van der Waals surface area contributed by atoms with E-state index in [9.17, 15) is 0 Å². The normalized spacial score (nSPS) is 10.5. The van der Waals surface area contributed by atoms with E-state index < -0.39 is 0 Å². The van der Waals surface area contributed by atoms with Crippen LogP contribution in [0.5, 0.6) is 17.2 Å². The number of hydrogen-bond acceptors (Lipinski definition) is 3. The minimum absolute atomic E-state index is 0.552. The standard InChI is InChI=1S/C24H26O3/c1-4-25-22-17-16-21(23(26-5-2)24(22)27-6-3)20-14-12-19(13-15-20)18-10-8-7-9-11-18/h7-17H,4-6H2,1-3H3. The smallest absolute Gasteiger partial charge is 0.204 e. The molecule has 0 atom stereocenters. The van der Waals surface area contributed by atoms with Crippen molar-refractivity contribution in [3.63, 3.8) is 0 Å². The minimum Gasteiger partial charge on any atom is -0.490 e. The lowest BCUT2D eigenvalue weighted by Crippen LogP contribution is -2.03. The Bertz CT molecular complexity index is 855. The first-order valence-electron chi connectivity index (χ1n) is 9.49. The highest BCUT2D eigenvalue weighted by Crippen LogP contribution is 2.45. The predicted molar refractivity (Wildman–Crippen MR) is 111 cm³/mol. The molecule has 3 nitrogen and oxygen atoms in total. The van der Waals surface area contributed by atoms with Crippen LogP contribution in [0.25, 0.3) is 22.3 Å². The first kappa shape index (κ1) is 18.8. The molecular weight excluding hydrogens is 336 g/mol. The molecule has 0 saturated carbocycles. The van der Waals surface area contributed by atoms with Gasteiger partial charge in [0.05, 0.1) is 19.8 Å². The highest BCUT2D eigenvalue weighted by molar-refractivity contribution is 5.78. The molecule has 0 aliphatic rings. The molecule has 0 saturated heterocycles. The Balaban J connectivity index is 2.03. The van der Waals surface area contributed by atoms with E-state index in [-0.39, 0.29) is 0 Å². The van der Waals surface area contributed by atoms with E-state index in [1.54, 1.807) is 0 Å². The fraction of sp³-hybridized carbons (Fsp3) is 0.250. The maximum Gasteiger partial charge on any atom is 0.204 e. The average Bonchev–Trinajstić information content (AvgIpc) is 2.72. The second-order valence-corrected chi connectivity index (χ2v) is 6.01.